The molecular formula is C16H18ClN3O2. The van der Waals surface area contributed by atoms with Crippen LogP contribution in [0.3, 0.4) is 0 Å². The van der Waals surface area contributed by atoms with Crippen LogP contribution in [0.25, 0.3) is 5.69 Å². The molecule has 1 N–H and O–H groups in total. The summed E-state index contributed by atoms with van der Waals surface area (Å²) >= 11 is 6.18. The number of benzene rings is 1. The van der Waals surface area contributed by atoms with E-state index in [1.807, 2.05) is 30.3 Å². The number of nitrogens with one attached hydrogen (secondary N) is 1. The molecule has 0 unspecified atom stereocenters. The first kappa shape index (κ1) is 15.1. The monoisotopic (exact) mass is 319 g/mol. The Morgan fingerprint density at radius 2 is 2.18 bits per heavy atom. The summed E-state index contributed by atoms with van der Waals surface area (Å²) in [6.07, 6.45) is 5.03. The Kier molecular flexibility index (Phi) is 4.75. The number of ether oxygens (including phenoxy) is 1. The minimum Gasteiger partial charge on any atom is -0.382 e. The Morgan fingerprint density at radius 3 is 2.91 bits per heavy atom. The first-order valence-corrected chi connectivity index (χ1v) is 7.82. The average Bonchev–Trinajstić information content (AvgIpc) is 3.06. The third-order valence-corrected chi connectivity index (χ3v) is 4.09. The molecule has 116 valence electrons. The third kappa shape index (κ3) is 3.31. The first-order valence-electron chi connectivity index (χ1n) is 7.44. The second-order valence-corrected chi connectivity index (χ2v) is 5.65. The number of rotatable bonds is 5. The molecule has 1 aromatic heterocycles. The predicted octanol–water partition coefficient (Wildman–Crippen LogP) is 2.87. The molecule has 6 heteroatoms. The average molecular weight is 320 g/mol. The standard InChI is InChI=1S/C16H18ClN3O2/c17-15-14(18-9-8-13-7-4-10-22-13)11-19-20(16(15)21)12-5-2-1-3-6-12/h1-3,5-6,11,13,18H,4,7-10H2/t13-/m0/s1. The van der Waals surface area contributed by atoms with Crippen LogP contribution in [0.15, 0.2) is 41.3 Å². The summed E-state index contributed by atoms with van der Waals surface area (Å²) in [7, 11) is 0. The minimum atomic E-state index is -0.324. The molecule has 1 aliphatic heterocycles. The molecule has 1 fully saturated rings. The van der Waals surface area contributed by atoms with Crippen molar-refractivity contribution in [2.24, 2.45) is 0 Å². The Labute approximate surface area is 133 Å². The van der Waals surface area contributed by atoms with Gasteiger partial charge in [-0.3, -0.25) is 4.79 Å². The van der Waals surface area contributed by atoms with E-state index < -0.39 is 0 Å². The lowest BCUT2D eigenvalue weighted by atomic mass is 10.2. The van der Waals surface area contributed by atoms with Gasteiger partial charge in [0.15, 0.2) is 0 Å². The van der Waals surface area contributed by atoms with Gasteiger partial charge < -0.3 is 10.1 Å². The van der Waals surface area contributed by atoms with Crippen LogP contribution in [0.2, 0.25) is 5.02 Å². The number of halogens is 1. The van der Waals surface area contributed by atoms with Gasteiger partial charge in [0, 0.05) is 13.2 Å². The first-order chi connectivity index (χ1) is 10.8. The maximum Gasteiger partial charge on any atom is 0.292 e. The van der Waals surface area contributed by atoms with E-state index in [0.717, 1.165) is 25.9 Å². The van der Waals surface area contributed by atoms with E-state index in [1.165, 1.54) is 4.68 Å². The molecule has 3 rings (SSSR count). The molecule has 0 aliphatic carbocycles. The molecule has 1 aliphatic rings. The molecule has 1 saturated heterocycles. The molecule has 22 heavy (non-hydrogen) atoms. The van der Waals surface area contributed by atoms with Crippen molar-refractivity contribution in [1.82, 2.24) is 9.78 Å². The van der Waals surface area contributed by atoms with Gasteiger partial charge in [0.25, 0.3) is 5.56 Å². The van der Waals surface area contributed by atoms with Crippen molar-refractivity contribution >= 4 is 17.3 Å². The van der Waals surface area contributed by atoms with Gasteiger partial charge >= 0.3 is 0 Å². The lowest BCUT2D eigenvalue weighted by molar-refractivity contribution is 0.107. The lowest BCUT2D eigenvalue weighted by Gasteiger charge is -2.12. The fourth-order valence-corrected chi connectivity index (χ4v) is 2.74. The number of aromatic nitrogens is 2. The Balaban J connectivity index is 1.71. The number of hydrogen-bond donors (Lipinski definition) is 1. The summed E-state index contributed by atoms with van der Waals surface area (Å²) in [6.45, 7) is 1.56. The summed E-state index contributed by atoms with van der Waals surface area (Å²) in [5, 5.41) is 7.52. The van der Waals surface area contributed by atoms with Gasteiger partial charge in [-0.05, 0) is 31.4 Å². The smallest absolute Gasteiger partial charge is 0.292 e. The molecular weight excluding hydrogens is 302 g/mol. The second kappa shape index (κ2) is 6.94. The van der Waals surface area contributed by atoms with E-state index in [4.69, 9.17) is 16.3 Å². The van der Waals surface area contributed by atoms with Crippen LogP contribution >= 0.6 is 11.6 Å². The zero-order valence-electron chi connectivity index (χ0n) is 12.2. The molecule has 1 atom stereocenters. The van der Waals surface area contributed by atoms with Crippen molar-refractivity contribution in [3.05, 3.63) is 51.9 Å². The molecule has 0 amide bonds. The van der Waals surface area contributed by atoms with Crippen LogP contribution in [0.1, 0.15) is 19.3 Å². The summed E-state index contributed by atoms with van der Waals surface area (Å²) in [4.78, 5) is 12.3. The van der Waals surface area contributed by atoms with Gasteiger partial charge in [-0.1, -0.05) is 29.8 Å². The zero-order valence-corrected chi connectivity index (χ0v) is 12.9. The van der Waals surface area contributed by atoms with E-state index in [9.17, 15) is 4.79 Å². The van der Waals surface area contributed by atoms with Gasteiger partial charge in [0.05, 0.1) is 23.7 Å². The van der Waals surface area contributed by atoms with E-state index in [1.54, 1.807) is 6.20 Å². The van der Waals surface area contributed by atoms with Crippen molar-refractivity contribution < 1.29 is 4.74 Å². The van der Waals surface area contributed by atoms with E-state index >= 15 is 0 Å². The molecule has 2 heterocycles. The van der Waals surface area contributed by atoms with Gasteiger partial charge in [-0.15, -0.1) is 0 Å². The zero-order chi connectivity index (χ0) is 15.4. The second-order valence-electron chi connectivity index (χ2n) is 5.28. The third-order valence-electron chi connectivity index (χ3n) is 3.73. The topological polar surface area (TPSA) is 56.1 Å². The van der Waals surface area contributed by atoms with Crippen molar-refractivity contribution in [2.75, 3.05) is 18.5 Å². The normalized spacial score (nSPS) is 17.6. The minimum absolute atomic E-state index is 0.159. The lowest BCUT2D eigenvalue weighted by Crippen LogP contribution is -2.23. The summed E-state index contributed by atoms with van der Waals surface area (Å²) < 4.78 is 6.87. The fourth-order valence-electron chi connectivity index (χ4n) is 2.55. The van der Waals surface area contributed by atoms with Crippen LogP contribution in [0.5, 0.6) is 0 Å². The summed E-state index contributed by atoms with van der Waals surface area (Å²) in [5.41, 5.74) is 0.937. The maximum atomic E-state index is 12.3. The van der Waals surface area contributed by atoms with Crippen LogP contribution in [-0.4, -0.2) is 29.0 Å². The van der Waals surface area contributed by atoms with Crippen LogP contribution in [0, 0.1) is 0 Å². The van der Waals surface area contributed by atoms with Crippen molar-refractivity contribution in [3.8, 4) is 5.69 Å². The molecule has 0 spiro atoms. The highest BCUT2D eigenvalue weighted by Gasteiger charge is 2.15. The number of nitrogens with zero attached hydrogens (tertiary/aromatic N) is 2. The van der Waals surface area contributed by atoms with Crippen LogP contribution < -0.4 is 10.9 Å². The van der Waals surface area contributed by atoms with Crippen LogP contribution in [0.4, 0.5) is 5.69 Å². The van der Waals surface area contributed by atoms with E-state index in [-0.39, 0.29) is 10.6 Å². The summed E-state index contributed by atoms with van der Waals surface area (Å²) in [6, 6.07) is 9.22. The van der Waals surface area contributed by atoms with E-state index in [2.05, 4.69) is 10.4 Å². The van der Waals surface area contributed by atoms with Crippen molar-refractivity contribution in [1.29, 1.82) is 0 Å². The molecule has 5 nitrogen and oxygen atoms in total. The van der Waals surface area contributed by atoms with Crippen molar-refractivity contribution in [2.45, 2.75) is 25.4 Å². The summed E-state index contributed by atoms with van der Waals surface area (Å²) in [5.74, 6) is 0. The highest BCUT2D eigenvalue weighted by Crippen LogP contribution is 2.19. The SMILES string of the molecule is O=c1c(Cl)c(NCC[C@@H]2CCCO2)cnn1-c1ccccc1. The number of hydrogen-bond acceptors (Lipinski definition) is 4. The van der Waals surface area contributed by atoms with Gasteiger partial charge in [0.2, 0.25) is 0 Å². The van der Waals surface area contributed by atoms with Crippen molar-refractivity contribution in [3.63, 3.8) is 0 Å². The molecule has 1 aromatic carbocycles. The number of para-hydroxylation sites is 1. The largest absolute Gasteiger partial charge is 0.382 e. The molecule has 0 radical (unpaired) electrons. The Hall–Kier alpha value is -1.85. The molecule has 0 bridgehead atoms. The Morgan fingerprint density at radius 1 is 1.36 bits per heavy atom. The van der Waals surface area contributed by atoms with Crippen LogP contribution in [-0.2, 0) is 4.74 Å². The maximum absolute atomic E-state index is 12.3. The predicted molar refractivity (Wildman–Crippen MR) is 86.9 cm³/mol. The van der Waals surface area contributed by atoms with Gasteiger partial charge in [-0.25, -0.2) is 0 Å². The highest BCUT2D eigenvalue weighted by molar-refractivity contribution is 6.32. The number of anilines is 1. The highest BCUT2D eigenvalue weighted by atomic mass is 35.5. The quantitative estimate of drug-likeness (QED) is 0.920. The Bertz CT molecular complexity index is 682. The molecule has 0 saturated carbocycles. The van der Waals surface area contributed by atoms with Gasteiger partial charge in [-0.2, -0.15) is 9.78 Å². The van der Waals surface area contributed by atoms with E-state index in [0.29, 0.717) is 24.0 Å². The van der Waals surface area contributed by atoms with Gasteiger partial charge in [0.1, 0.15) is 5.02 Å². The fraction of sp³-hybridized carbons (Fsp3) is 0.375. The molecule has 2 aromatic rings.